The Morgan fingerprint density at radius 3 is 2.53 bits per heavy atom. The third-order valence-electron chi connectivity index (χ3n) is 5.32. The van der Waals surface area contributed by atoms with Gasteiger partial charge in [-0.15, -0.1) is 0 Å². The number of halogens is 3. The average molecular weight is 520 g/mol. The van der Waals surface area contributed by atoms with Crippen molar-refractivity contribution in [3.63, 3.8) is 0 Å². The number of nitro benzene ring substituents is 1. The van der Waals surface area contributed by atoms with Gasteiger partial charge >= 0.3 is 6.18 Å². The number of amides is 1. The van der Waals surface area contributed by atoms with Gasteiger partial charge in [0.15, 0.2) is 10.9 Å². The number of hydrogen-bond acceptors (Lipinski definition) is 7. The summed E-state index contributed by atoms with van der Waals surface area (Å²) < 4.78 is 50.7. The molecule has 13 heteroatoms. The highest BCUT2D eigenvalue weighted by Gasteiger charge is 2.32. The van der Waals surface area contributed by atoms with Gasteiger partial charge in [0, 0.05) is 30.8 Å². The lowest BCUT2D eigenvalue weighted by Gasteiger charge is -2.31. The van der Waals surface area contributed by atoms with E-state index in [1.165, 1.54) is 36.4 Å². The maximum absolute atomic E-state index is 13.3. The van der Waals surface area contributed by atoms with Crippen molar-refractivity contribution in [2.75, 3.05) is 36.5 Å². The first-order valence-electron chi connectivity index (χ1n) is 10.6. The lowest BCUT2D eigenvalue weighted by atomic mass is 10.1. The third-order valence-corrected chi connectivity index (χ3v) is 5.53. The van der Waals surface area contributed by atoms with Gasteiger partial charge in [0.2, 0.25) is 0 Å². The van der Waals surface area contributed by atoms with Crippen LogP contribution in [0.4, 0.5) is 30.2 Å². The van der Waals surface area contributed by atoms with E-state index in [-0.39, 0.29) is 28.0 Å². The van der Waals surface area contributed by atoms with Crippen LogP contribution in [-0.4, -0.2) is 42.2 Å². The minimum Gasteiger partial charge on any atom is -0.451 e. The maximum Gasteiger partial charge on any atom is 0.416 e. The molecule has 0 saturated carbocycles. The molecule has 2 aromatic carbocycles. The fourth-order valence-corrected chi connectivity index (χ4v) is 3.80. The molecule has 188 valence electrons. The molecular formula is C23H19F3N4O5S. The number of anilines is 2. The topological polar surface area (TPSA) is 110 Å². The molecule has 0 spiro atoms. The maximum atomic E-state index is 13.3. The van der Waals surface area contributed by atoms with Crippen molar-refractivity contribution < 1.29 is 32.0 Å². The number of carbonyl (C=O) groups excluding carboxylic acids is 1. The van der Waals surface area contributed by atoms with Crippen LogP contribution in [0.25, 0.3) is 11.3 Å². The molecule has 1 fully saturated rings. The number of nitro groups is 1. The minimum atomic E-state index is -4.57. The lowest BCUT2D eigenvalue weighted by molar-refractivity contribution is -0.384. The number of hydrogen-bond donors (Lipinski definition) is 2. The number of furan rings is 1. The molecule has 2 heterocycles. The van der Waals surface area contributed by atoms with Crippen LogP contribution in [0.2, 0.25) is 0 Å². The highest BCUT2D eigenvalue weighted by atomic mass is 32.1. The van der Waals surface area contributed by atoms with E-state index in [0.717, 1.165) is 12.1 Å². The van der Waals surface area contributed by atoms with Crippen molar-refractivity contribution in [1.29, 1.82) is 0 Å². The summed E-state index contributed by atoms with van der Waals surface area (Å²) in [6.07, 6.45) is -4.57. The number of thiocarbonyl (C=S) groups is 1. The molecule has 1 saturated heterocycles. The van der Waals surface area contributed by atoms with Crippen LogP contribution in [-0.2, 0) is 10.9 Å². The third kappa shape index (κ3) is 5.80. The van der Waals surface area contributed by atoms with Gasteiger partial charge < -0.3 is 19.4 Å². The van der Waals surface area contributed by atoms with Crippen molar-refractivity contribution in [1.82, 2.24) is 5.32 Å². The fourth-order valence-electron chi connectivity index (χ4n) is 3.60. The first-order valence-corrected chi connectivity index (χ1v) is 11.0. The van der Waals surface area contributed by atoms with Crippen molar-refractivity contribution in [2.24, 2.45) is 0 Å². The number of carbonyl (C=O) groups is 1. The Balaban J connectivity index is 1.50. The number of non-ortho nitro benzene ring substituents is 1. The van der Waals surface area contributed by atoms with Crippen molar-refractivity contribution in [3.8, 4) is 11.3 Å². The Bertz CT molecular complexity index is 1300. The molecule has 0 unspecified atom stereocenters. The van der Waals surface area contributed by atoms with E-state index in [0.29, 0.717) is 37.6 Å². The second kappa shape index (κ2) is 10.3. The van der Waals surface area contributed by atoms with Gasteiger partial charge in [0.05, 0.1) is 35.1 Å². The van der Waals surface area contributed by atoms with Gasteiger partial charge in [-0.25, -0.2) is 0 Å². The van der Waals surface area contributed by atoms with Gasteiger partial charge in [0.25, 0.3) is 11.6 Å². The normalized spacial score (nSPS) is 13.8. The Hall–Kier alpha value is -3.97. The molecular weight excluding hydrogens is 501 g/mol. The standard InChI is InChI=1S/C23H19F3N4O5S/c24-23(25,26)15-4-5-18(29-8-10-34-11-9-29)17(13-15)27-22(36)28-21(31)20-7-6-19(35-20)14-2-1-3-16(12-14)30(32)33/h1-7,12-13H,8-11H2,(H2,27,28,31,36). The van der Waals surface area contributed by atoms with E-state index in [2.05, 4.69) is 10.6 Å². The van der Waals surface area contributed by atoms with Crippen molar-refractivity contribution >= 4 is 40.3 Å². The number of rotatable bonds is 5. The van der Waals surface area contributed by atoms with Crippen LogP contribution in [0, 0.1) is 10.1 Å². The summed E-state index contributed by atoms with van der Waals surface area (Å²) in [5, 5.41) is 15.8. The van der Waals surface area contributed by atoms with Crippen LogP contribution in [0.5, 0.6) is 0 Å². The smallest absolute Gasteiger partial charge is 0.416 e. The first-order chi connectivity index (χ1) is 17.1. The number of nitrogens with zero attached hydrogens (tertiary/aromatic N) is 2. The monoisotopic (exact) mass is 520 g/mol. The lowest BCUT2D eigenvalue weighted by Crippen LogP contribution is -2.38. The van der Waals surface area contributed by atoms with Gasteiger partial charge in [-0.3, -0.25) is 20.2 Å². The van der Waals surface area contributed by atoms with Crippen LogP contribution in [0.3, 0.4) is 0 Å². The molecule has 0 radical (unpaired) electrons. The Morgan fingerprint density at radius 1 is 1.08 bits per heavy atom. The molecule has 1 amide bonds. The summed E-state index contributed by atoms with van der Waals surface area (Å²) >= 11 is 5.17. The van der Waals surface area contributed by atoms with Crippen LogP contribution in [0.1, 0.15) is 16.1 Å². The molecule has 1 aromatic heterocycles. The van der Waals surface area contributed by atoms with Gasteiger partial charge in [0.1, 0.15) is 5.76 Å². The zero-order chi connectivity index (χ0) is 25.9. The molecule has 2 N–H and O–H groups in total. The van der Waals surface area contributed by atoms with E-state index in [1.807, 2.05) is 4.90 Å². The van der Waals surface area contributed by atoms with Gasteiger partial charge in [-0.2, -0.15) is 13.2 Å². The van der Waals surface area contributed by atoms with Crippen molar-refractivity contribution in [3.05, 3.63) is 76.0 Å². The second-order valence-electron chi connectivity index (χ2n) is 7.71. The molecule has 36 heavy (non-hydrogen) atoms. The number of alkyl halides is 3. The minimum absolute atomic E-state index is 0.0776. The van der Waals surface area contributed by atoms with Crippen LogP contribution in [0.15, 0.2) is 59.0 Å². The summed E-state index contributed by atoms with van der Waals surface area (Å²) in [5.41, 5.74) is -0.0631. The number of morpholine rings is 1. The SMILES string of the molecule is O=C(NC(=S)Nc1cc(C(F)(F)F)ccc1N1CCOCC1)c1ccc(-c2cccc([N+](=O)[O-])c2)o1. The molecule has 0 atom stereocenters. The molecule has 4 rings (SSSR count). The largest absolute Gasteiger partial charge is 0.451 e. The fraction of sp³-hybridized carbons (Fsp3) is 0.217. The Morgan fingerprint density at radius 2 is 1.83 bits per heavy atom. The predicted octanol–water partition coefficient (Wildman–Crippen LogP) is 4.84. The zero-order valence-electron chi connectivity index (χ0n) is 18.5. The van der Waals surface area contributed by atoms with E-state index in [9.17, 15) is 28.1 Å². The molecule has 1 aliphatic heterocycles. The highest BCUT2D eigenvalue weighted by Crippen LogP contribution is 2.36. The Labute approximate surface area is 208 Å². The molecule has 9 nitrogen and oxygen atoms in total. The summed E-state index contributed by atoms with van der Waals surface area (Å²) in [6, 6.07) is 11.8. The number of nitrogens with one attached hydrogen (secondary N) is 2. The number of ether oxygens (including phenoxy) is 1. The zero-order valence-corrected chi connectivity index (χ0v) is 19.3. The van der Waals surface area contributed by atoms with Crippen molar-refractivity contribution in [2.45, 2.75) is 6.18 Å². The average Bonchev–Trinajstić information content (AvgIpc) is 3.35. The predicted molar refractivity (Wildman–Crippen MR) is 129 cm³/mol. The van der Waals surface area contributed by atoms with Gasteiger partial charge in [-0.05, 0) is 42.5 Å². The second-order valence-corrected chi connectivity index (χ2v) is 8.12. The molecule has 1 aliphatic rings. The van der Waals surface area contributed by atoms with E-state index in [1.54, 1.807) is 6.07 Å². The summed E-state index contributed by atoms with van der Waals surface area (Å²) in [7, 11) is 0. The van der Waals surface area contributed by atoms with Gasteiger partial charge in [-0.1, -0.05) is 12.1 Å². The molecule has 0 aliphatic carbocycles. The quantitative estimate of drug-likeness (QED) is 0.280. The van der Waals surface area contributed by atoms with E-state index in [4.69, 9.17) is 21.4 Å². The van der Waals surface area contributed by atoms with Crippen LogP contribution < -0.4 is 15.5 Å². The highest BCUT2D eigenvalue weighted by molar-refractivity contribution is 7.80. The summed E-state index contributed by atoms with van der Waals surface area (Å²) in [4.78, 5) is 24.9. The van der Waals surface area contributed by atoms with E-state index < -0.39 is 22.6 Å². The summed E-state index contributed by atoms with van der Waals surface area (Å²) in [6.45, 7) is 1.80. The molecule has 3 aromatic rings. The molecule has 0 bridgehead atoms. The summed E-state index contributed by atoms with van der Waals surface area (Å²) in [5.74, 6) is -0.669. The first kappa shape index (κ1) is 25.1. The number of benzene rings is 2. The van der Waals surface area contributed by atoms with Crippen LogP contribution >= 0.6 is 12.2 Å². The van der Waals surface area contributed by atoms with E-state index >= 15 is 0 Å². The Kier molecular flexibility index (Phi) is 7.22.